The molecule has 3 heteroatoms. The van der Waals surface area contributed by atoms with Crippen molar-refractivity contribution in [3.8, 4) is 5.75 Å². The van der Waals surface area contributed by atoms with E-state index in [0.29, 0.717) is 0 Å². The first-order chi connectivity index (χ1) is 4.90. The number of rotatable bonds is 1. The molecular formula is C8H10O3. The fraction of sp³-hybridized carbons (Fsp3) is 0.500. The van der Waals surface area contributed by atoms with E-state index in [2.05, 4.69) is 0 Å². The van der Waals surface area contributed by atoms with Crippen molar-refractivity contribution in [2.45, 2.75) is 26.4 Å². The van der Waals surface area contributed by atoms with Crippen LogP contribution < -0.4 is 15.6 Å². The topological polar surface area (TPSA) is 43.4 Å². The van der Waals surface area contributed by atoms with E-state index in [9.17, 15) is 9.59 Å². The standard InChI is InChI=1S/C8H10O3/c1-8(2,3)11-6-4-5(9)7(6)10/h4H,1-3H3. The SMILES string of the molecule is CC(C)(C)Oc1cc(=O)c1=O. The summed E-state index contributed by atoms with van der Waals surface area (Å²) in [6.45, 7) is 5.47. The Hall–Kier alpha value is -1.12. The Morgan fingerprint density at radius 1 is 1.27 bits per heavy atom. The van der Waals surface area contributed by atoms with Crippen LogP contribution in [0.3, 0.4) is 0 Å². The first-order valence-electron chi connectivity index (χ1n) is 3.39. The second-order valence-corrected chi connectivity index (χ2v) is 3.42. The average molecular weight is 154 g/mol. The minimum absolute atomic E-state index is 0.183. The van der Waals surface area contributed by atoms with E-state index in [1.54, 1.807) is 0 Å². The maximum absolute atomic E-state index is 10.7. The van der Waals surface area contributed by atoms with Crippen molar-refractivity contribution in [1.29, 1.82) is 0 Å². The van der Waals surface area contributed by atoms with E-state index >= 15 is 0 Å². The van der Waals surface area contributed by atoms with Crippen LogP contribution in [0.2, 0.25) is 0 Å². The highest BCUT2D eigenvalue weighted by atomic mass is 16.5. The van der Waals surface area contributed by atoms with E-state index in [0.717, 1.165) is 0 Å². The molecule has 0 N–H and O–H groups in total. The molecule has 0 radical (unpaired) electrons. The van der Waals surface area contributed by atoms with Gasteiger partial charge in [0.05, 0.1) is 0 Å². The predicted molar refractivity (Wildman–Crippen MR) is 41.7 cm³/mol. The summed E-state index contributed by atoms with van der Waals surface area (Å²) in [7, 11) is 0. The van der Waals surface area contributed by atoms with Gasteiger partial charge in [0, 0.05) is 6.07 Å². The number of hydrogen-bond donors (Lipinski definition) is 0. The maximum Gasteiger partial charge on any atom is 0.267 e. The van der Waals surface area contributed by atoms with E-state index in [-0.39, 0.29) is 5.75 Å². The van der Waals surface area contributed by atoms with Crippen molar-refractivity contribution < 1.29 is 4.74 Å². The van der Waals surface area contributed by atoms with Crippen molar-refractivity contribution in [3.63, 3.8) is 0 Å². The third kappa shape index (κ3) is 1.67. The molecule has 0 aliphatic carbocycles. The molecule has 0 saturated heterocycles. The lowest BCUT2D eigenvalue weighted by molar-refractivity contribution is 0.127. The number of hydrogen-bond acceptors (Lipinski definition) is 3. The molecule has 0 saturated carbocycles. The molecule has 1 aromatic rings. The van der Waals surface area contributed by atoms with Crippen molar-refractivity contribution in [2.75, 3.05) is 0 Å². The van der Waals surface area contributed by atoms with E-state index in [1.807, 2.05) is 20.8 Å². The molecule has 0 bridgehead atoms. The Kier molecular flexibility index (Phi) is 1.59. The summed E-state index contributed by atoms with van der Waals surface area (Å²) in [5.74, 6) is 0.183. The zero-order valence-corrected chi connectivity index (χ0v) is 6.80. The van der Waals surface area contributed by atoms with Crippen molar-refractivity contribution >= 4 is 0 Å². The molecule has 60 valence electrons. The molecule has 0 aliphatic heterocycles. The van der Waals surface area contributed by atoms with E-state index in [1.165, 1.54) is 6.07 Å². The van der Waals surface area contributed by atoms with Crippen LogP contribution in [0.5, 0.6) is 5.75 Å². The van der Waals surface area contributed by atoms with Crippen LogP contribution in [0, 0.1) is 0 Å². The summed E-state index contributed by atoms with van der Waals surface area (Å²) < 4.78 is 5.15. The molecule has 1 rings (SSSR count). The zero-order valence-electron chi connectivity index (χ0n) is 6.80. The number of ether oxygens (including phenoxy) is 1. The van der Waals surface area contributed by atoms with Gasteiger partial charge in [-0.25, -0.2) is 0 Å². The van der Waals surface area contributed by atoms with Crippen molar-refractivity contribution in [1.82, 2.24) is 0 Å². The highest BCUT2D eigenvalue weighted by Gasteiger charge is 2.18. The van der Waals surface area contributed by atoms with Gasteiger partial charge in [0.2, 0.25) is 5.43 Å². The lowest BCUT2D eigenvalue weighted by atomic mass is 10.2. The van der Waals surface area contributed by atoms with Crippen LogP contribution in [0.1, 0.15) is 20.8 Å². The molecule has 0 unspecified atom stereocenters. The summed E-state index contributed by atoms with van der Waals surface area (Å²) in [5, 5.41) is 0. The summed E-state index contributed by atoms with van der Waals surface area (Å²) in [4.78, 5) is 21.1. The highest BCUT2D eigenvalue weighted by Crippen LogP contribution is 2.11. The molecule has 3 nitrogen and oxygen atoms in total. The van der Waals surface area contributed by atoms with Gasteiger partial charge in [0.25, 0.3) is 5.43 Å². The van der Waals surface area contributed by atoms with Gasteiger partial charge >= 0.3 is 0 Å². The van der Waals surface area contributed by atoms with Gasteiger partial charge < -0.3 is 4.74 Å². The van der Waals surface area contributed by atoms with Gasteiger partial charge in [-0.05, 0) is 20.8 Å². The van der Waals surface area contributed by atoms with Gasteiger partial charge in [0.1, 0.15) is 5.60 Å². The van der Waals surface area contributed by atoms with Gasteiger partial charge in [-0.3, -0.25) is 9.59 Å². The van der Waals surface area contributed by atoms with Crippen molar-refractivity contribution in [2.24, 2.45) is 0 Å². The predicted octanol–water partition coefficient (Wildman–Crippen LogP) is 0.460. The van der Waals surface area contributed by atoms with Gasteiger partial charge in [-0.2, -0.15) is 0 Å². The Balaban J connectivity index is 2.78. The lowest BCUT2D eigenvalue weighted by Gasteiger charge is -2.20. The molecule has 1 aromatic carbocycles. The highest BCUT2D eigenvalue weighted by molar-refractivity contribution is 5.27. The molecule has 0 heterocycles. The third-order valence-electron chi connectivity index (χ3n) is 1.13. The zero-order chi connectivity index (χ0) is 8.65. The first kappa shape index (κ1) is 7.98. The van der Waals surface area contributed by atoms with Crippen LogP contribution >= 0.6 is 0 Å². The van der Waals surface area contributed by atoms with Crippen LogP contribution in [0.15, 0.2) is 15.7 Å². The summed E-state index contributed by atoms with van der Waals surface area (Å²) in [6, 6.07) is 1.22. The second-order valence-electron chi connectivity index (χ2n) is 3.42. The molecule has 0 amide bonds. The van der Waals surface area contributed by atoms with Crippen LogP contribution in [0.4, 0.5) is 0 Å². The molecule has 11 heavy (non-hydrogen) atoms. The Morgan fingerprint density at radius 2 is 1.82 bits per heavy atom. The Bertz CT molecular complexity index is 323. The normalized spacial score (nSPS) is 11.9. The fourth-order valence-corrected chi connectivity index (χ4v) is 0.700. The molecular weight excluding hydrogens is 144 g/mol. The second kappa shape index (κ2) is 2.19. The lowest BCUT2D eigenvalue weighted by Crippen LogP contribution is -2.35. The summed E-state index contributed by atoms with van der Waals surface area (Å²) in [6.07, 6.45) is 0. The fourth-order valence-electron chi connectivity index (χ4n) is 0.700. The first-order valence-corrected chi connectivity index (χ1v) is 3.39. The Morgan fingerprint density at radius 3 is 2.09 bits per heavy atom. The third-order valence-corrected chi connectivity index (χ3v) is 1.13. The monoisotopic (exact) mass is 154 g/mol. The molecule has 0 spiro atoms. The quantitative estimate of drug-likeness (QED) is 0.552. The largest absolute Gasteiger partial charge is 0.484 e. The Labute approximate surface area is 64.3 Å². The smallest absolute Gasteiger partial charge is 0.267 e. The minimum atomic E-state index is -0.514. The molecule has 0 fully saturated rings. The molecule has 0 atom stereocenters. The minimum Gasteiger partial charge on any atom is -0.484 e. The van der Waals surface area contributed by atoms with Crippen LogP contribution in [-0.2, 0) is 0 Å². The van der Waals surface area contributed by atoms with Crippen LogP contribution in [0.25, 0.3) is 0 Å². The average Bonchev–Trinajstić information content (AvgIpc) is 1.84. The summed E-state index contributed by atoms with van der Waals surface area (Å²) in [5.41, 5.74) is -1.38. The molecule has 0 aromatic heterocycles. The van der Waals surface area contributed by atoms with Crippen LogP contribution in [-0.4, -0.2) is 5.60 Å². The van der Waals surface area contributed by atoms with E-state index < -0.39 is 16.5 Å². The van der Waals surface area contributed by atoms with Gasteiger partial charge in [-0.15, -0.1) is 0 Å². The van der Waals surface area contributed by atoms with E-state index in [4.69, 9.17) is 4.74 Å². The maximum atomic E-state index is 10.7. The summed E-state index contributed by atoms with van der Waals surface area (Å²) >= 11 is 0. The van der Waals surface area contributed by atoms with Gasteiger partial charge in [0.15, 0.2) is 5.75 Å². The van der Waals surface area contributed by atoms with Crippen molar-refractivity contribution in [3.05, 3.63) is 26.5 Å². The molecule has 0 aliphatic rings. The van der Waals surface area contributed by atoms with Gasteiger partial charge in [-0.1, -0.05) is 0 Å².